The molecule has 0 bridgehead atoms. The third-order valence-corrected chi connectivity index (χ3v) is 2.92. The van der Waals surface area contributed by atoms with Crippen LogP contribution in [0.1, 0.15) is 13.3 Å². The summed E-state index contributed by atoms with van der Waals surface area (Å²) in [7, 11) is 0. The highest BCUT2D eigenvalue weighted by molar-refractivity contribution is 5.85. The summed E-state index contributed by atoms with van der Waals surface area (Å²) in [6.45, 7) is 13.8. The quantitative estimate of drug-likeness (QED) is 0.216. The average molecular weight is 384 g/mol. The maximum Gasteiger partial charge on any atom is 0.411 e. The van der Waals surface area contributed by atoms with Gasteiger partial charge >= 0.3 is 35.6 Å². The van der Waals surface area contributed by atoms with Crippen molar-refractivity contribution in [3.63, 3.8) is 0 Å². The first-order valence-corrected chi connectivity index (χ1v) is 7.37. The molecule has 0 rings (SSSR count). The molecule has 0 aromatic carbocycles. The zero-order chi connectivity index (χ0) is 21.3. The highest BCUT2D eigenvalue weighted by Crippen LogP contribution is 2.35. The monoisotopic (exact) mass is 384 g/mol. The lowest BCUT2D eigenvalue weighted by Gasteiger charge is -2.42. The predicted octanol–water partition coefficient (Wildman–Crippen LogP) is 0.0165. The Labute approximate surface area is 155 Å². The van der Waals surface area contributed by atoms with Crippen molar-refractivity contribution in [1.29, 1.82) is 0 Å². The van der Waals surface area contributed by atoms with Crippen LogP contribution in [0.15, 0.2) is 50.6 Å². The Morgan fingerprint density at radius 2 is 1.19 bits per heavy atom. The first kappa shape index (κ1) is 23.8. The van der Waals surface area contributed by atoms with E-state index >= 15 is 0 Å². The van der Waals surface area contributed by atoms with Gasteiger partial charge in [0, 0.05) is 24.3 Å². The van der Waals surface area contributed by atoms with Gasteiger partial charge in [0.25, 0.3) is 0 Å². The van der Waals surface area contributed by atoms with E-state index in [0.29, 0.717) is 24.3 Å². The second-order valence-corrected chi connectivity index (χ2v) is 4.69. The summed E-state index contributed by atoms with van der Waals surface area (Å²) in [6, 6.07) is 0. The van der Waals surface area contributed by atoms with Crippen molar-refractivity contribution in [3.8, 4) is 0 Å². The molecule has 0 saturated carbocycles. The van der Waals surface area contributed by atoms with E-state index in [4.69, 9.17) is 14.2 Å². The van der Waals surface area contributed by atoms with Gasteiger partial charge < -0.3 is 29.2 Å². The molecule has 2 N–H and O–H groups in total. The van der Waals surface area contributed by atoms with E-state index in [9.17, 15) is 29.4 Å². The average Bonchev–Trinajstić information content (AvgIpc) is 2.63. The summed E-state index contributed by atoms with van der Waals surface area (Å²) < 4.78 is 18.8. The van der Waals surface area contributed by atoms with Crippen LogP contribution in [0.5, 0.6) is 0 Å². The zero-order valence-electron chi connectivity index (χ0n) is 14.6. The molecule has 27 heavy (non-hydrogen) atoms. The number of rotatable bonds is 11. The van der Waals surface area contributed by atoms with Crippen molar-refractivity contribution < 1.29 is 48.3 Å². The van der Waals surface area contributed by atoms with Gasteiger partial charge in [-0.25, -0.2) is 19.2 Å². The Balaban J connectivity index is 6.58. The Morgan fingerprint density at radius 3 is 1.52 bits per heavy atom. The van der Waals surface area contributed by atoms with Crippen LogP contribution in [0.3, 0.4) is 0 Å². The minimum atomic E-state index is -3.81. The van der Waals surface area contributed by atoms with Crippen molar-refractivity contribution in [2.24, 2.45) is 0 Å². The molecule has 0 aromatic heterocycles. The molecular weight excluding hydrogens is 364 g/mol. The summed E-state index contributed by atoms with van der Waals surface area (Å²) in [6.07, 6.45) is 0.275. The summed E-state index contributed by atoms with van der Waals surface area (Å²) in [5.74, 6) is -12.2. The highest BCUT2D eigenvalue weighted by atomic mass is 16.9. The van der Waals surface area contributed by atoms with Crippen LogP contribution < -0.4 is 0 Å². The Hall–Kier alpha value is -3.24. The molecule has 0 saturated heterocycles. The normalized spacial score (nSPS) is 12.0. The van der Waals surface area contributed by atoms with Crippen LogP contribution in [-0.2, 0) is 38.1 Å². The van der Waals surface area contributed by atoms with E-state index in [0.717, 1.165) is 0 Å². The maximum absolute atomic E-state index is 11.8. The molecular formula is C17H20O10. The topological polar surface area (TPSA) is 146 Å². The summed E-state index contributed by atoms with van der Waals surface area (Å²) in [5.41, 5.74) is 0. The van der Waals surface area contributed by atoms with Crippen molar-refractivity contribution in [2.75, 3.05) is 0 Å². The summed E-state index contributed by atoms with van der Waals surface area (Å²) in [4.78, 5) is 46.6. The molecule has 0 aromatic rings. The molecule has 10 nitrogen and oxygen atoms in total. The van der Waals surface area contributed by atoms with Gasteiger partial charge in [0.2, 0.25) is 0 Å². The molecule has 1 unspecified atom stereocenters. The van der Waals surface area contributed by atoms with E-state index in [1.807, 2.05) is 0 Å². The van der Waals surface area contributed by atoms with E-state index < -0.39 is 41.7 Å². The third-order valence-electron chi connectivity index (χ3n) is 2.92. The van der Waals surface area contributed by atoms with Crippen molar-refractivity contribution >= 4 is 23.9 Å². The first-order chi connectivity index (χ1) is 12.5. The maximum atomic E-state index is 11.8. The molecule has 1 atom stereocenters. The van der Waals surface area contributed by atoms with Gasteiger partial charge in [-0.05, 0) is 6.42 Å². The third kappa shape index (κ3) is 5.90. The van der Waals surface area contributed by atoms with E-state index in [1.165, 1.54) is 6.92 Å². The zero-order valence-corrected chi connectivity index (χ0v) is 14.6. The molecule has 0 aliphatic heterocycles. The smallest absolute Gasteiger partial charge is 0.411 e. The number of ether oxygens (including phenoxy) is 4. The number of carbonyl (C=O) groups is 4. The minimum absolute atomic E-state index is 0.303. The molecule has 0 aliphatic carbocycles. The van der Waals surface area contributed by atoms with Gasteiger partial charge in [-0.3, -0.25) is 0 Å². The van der Waals surface area contributed by atoms with E-state index in [1.54, 1.807) is 0 Å². The second kappa shape index (κ2) is 10.0. The molecule has 0 amide bonds. The van der Waals surface area contributed by atoms with Crippen molar-refractivity contribution in [3.05, 3.63) is 50.6 Å². The predicted molar refractivity (Wildman–Crippen MR) is 89.1 cm³/mol. The Kier molecular flexibility index (Phi) is 8.84. The molecule has 0 heterocycles. The lowest BCUT2D eigenvalue weighted by molar-refractivity contribution is -0.457. The molecule has 0 fully saturated rings. The van der Waals surface area contributed by atoms with Gasteiger partial charge in [0.1, 0.15) is 0 Å². The SMILES string of the molecule is C=CC(=O)OC(CC)C(OC(=O)C=C)(OC(=O)C=C)C(O)(O)OC(=O)C=C. The van der Waals surface area contributed by atoms with Crippen LogP contribution in [0, 0.1) is 0 Å². The molecule has 0 spiro atoms. The fourth-order valence-corrected chi connectivity index (χ4v) is 1.75. The van der Waals surface area contributed by atoms with Crippen LogP contribution >= 0.6 is 0 Å². The summed E-state index contributed by atoms with van der Waals surface area (Å²) >= 11 is 0. The van der Waals surface area contributed by atoms with Crippen molar-refractivity contribution in [2.45, 2.75) is 31.2 Å². The molecule has 10 heteroatoms. The molecule has 0 aliphatic rings. The second-order valence-electron chi connectivity index (χ2n) is 4.69. The van der Waals surface area contributed by atoms with Crippen molar-refractivity contribution in [1.82, 2.24) is 0 Å². The minimum Gasteiger partial charge on any atom is -0.450 e. The fourth-order valence-electron chi connectivity index (χ4n) is 1.75. The van der Waals surface area contributed by atoms with Gasteiger partial charge in [0.15, 0.2) is 6.10 Å². The lowest BCUT2D eigenvalue weighted by Crippen LogP contribution is -2.68. The number of hydrogen-bond donors (Lipinski definition) is 2. The first-order valence-electron chi connectivity index (χ1n) is 7.37. The Bertz CT molecular complexity index is 624. The van der Waals surface area contributed by atoms with E-state index in [2.05, 4.69) is 31.1 Å². The fraction of sp³-hybridized carbons (Fsp3) is 0.294. The number of esters is 4. The van der Waals surface area contributed by atoms with Crippen LogP contribution in [0.4, 0.5) is 0 Å². The largest absolute Gasteiger partial charge is 0.450 e. The summed E-state index contributed by atoms with van der Waals surface area (Å²) in [5, 5.41) is 20.7. The molecule has 0 radical (unpaired) electrons. The van der Waals surface area contributed by atoms with Gasteiger partial charge in [0.05, 0.1) is 0 Å². The highest BCUT2D eigenvalue weighted by Gasteiger charge is 2.67. The Morgan fingerprint density at radius 1 is 0.815 bits per heavy atom. The van der Waals surface area contributed by atoms with Crippen LogP contribution in [0.2, 0.25) is 0 Å². The van der Waals surface area contributed by atoms with Gasteiger partial charge in [-0.15, -0.1) is 0 Å². The van der Waals surface area contributed by atoms with Gasteiger partial charge in [-0.1, -0.05) is 33.2 Å². The molecule has 148 valence electrons. The number of aliphatic hydroxyl groups is 2. The van der Waals surface area contributed by atoms with Crippen LogP contribution in [-0.4, -0.2) is 52.0 Å². The van der Waals surface area contributed by atoms with Crippen LogP contribution in [0.25, 0.3) is 0 Å². The number of carbonyl (C=O) groups excluding carboxylic acids is 4. The standard InChI is InChI=1S/C17H20O10/c1-6-11(24-12(18)7-2)16(25-13(19)8-3,26-14(20)9-4)17(22,23)27-15(21)10-5/h7-11,22-23H,2-6H2,1H3. The number of hydrogen-bond acceptors (Lipinski definition) is 10. The lowest BCUT2D eigenvalue weighted by atomic mass is 10.0. The van der Waals surface area contributed by atoms with Gasteiger partial charge in [-0.2, -0.15) is 0 Å². The van der Waals surface area contributed by atoms with E-state index in [-0.39, 0.29) is 6.42 Å².